The summed E-state index contributed by atoms with van der Waals surface area (Å²) in [6.45, 7) is 9.60. The van der Waals surface area contributed by atoms with Crippen molar-refractivity contribution in [3.05, 3.63) is 75.2 Å². The number of ether oxygens (including phenoxy) is 2. The SMILES string of the molecule is C=C1C=NC(N)=c2ccn([C@@H]3C=C(COc4cc(C(F)F)c(F)c5c4CN(C(=O)OC(C)(C)C)CC5)CC3)c2=C1. The fourth-order valence-corrected chi connectivity index (χ4v) is 5.30. The second kappa shape index (κ2) is 10.6. The van der Waals surface area contributed by atoms with Gasteiger partial charge in [-0.05, 0) is 75.0 Å². The fraction of sp³-hybridized carbons (Fsp3) is 0.400. The molecule has 1 aromatic carbocycles. The Morgan fingerprint density at radius 2 is 2.05 bits per heavy atom. The normalized spacial score (nSPS) is 18.7. The maximum Gasteiger partial charge on any atom is 0.410 e. The summed E-state index contributed by atoms with van der Waals surface area (Å²) in [6.07, 6.45) is 5.73. The molecule has 1 aromatic heterocycles. The molecule has 212 valence electrons. The largest absolute Gasteiger partial charge is 0.489 e. The van der Waals surface area contributed by atoms with Gasteiger partial charge in [-0.25, -0.2) is 23.0 Å². The Morgan fingerprint density at radius 1 is 1.27 bits per heavy atom. The van der Waals surface area contributed by atoms with Crippen molar-refractivity contribution in [2.45, 2.75) is 64.6 Å². The van der Waals surface area contributed by atoms with Crippen LogP contribution in [0.5, 0.6) is 5.75 Å². The van der Waals surface area contributed by atoms with Crippen LogP contribution in [0, 0.1) is 5.82 Å². The summed E-state index contributed by atoms with van der Waals surface area (Å²) in [5.74, 6) is -0.360. The van der Waals surface area contributed by atoms with Crippen LogP contribution in [0.2, 0.25) is 0 Å². The quantitative estimate of drug-likeness (QED) is 0.546. The molecule has 2 aliphatic heterocycles. The lowest BCUT2D eigenvalue weighted by Gasteiger charge is -2.32. The van der Waals surface area contributed by atoms with Crippen molar-refractivity contribution >= 4 is 24.2 Å². The molecule has 1 atom stereocenters. The molecule has 0 fully saturated rings. The molecule has 1 amide bonds. The maximum absolute atomic E-state index is 15.0. The minimum atomic E-state index is -2.99. The number of allylic oxidation sites excluding steroid dienone is 2. The Kier molecular flexibility index (Phi) is 7.29. The van der Waals surface area contributed by atoms with Crippen molar-refractivity contribution in [3.8, 4) is 5.75 Å². The lowest BCUT2D eigenvalue weighted by atomic mass is 9.95. The van der Waals surface area contributed by atoms with Crippen LogP contribution >= 0.6 is 0 Å². The number of nitrogens with zero attached hydrogens (tertiary/aromatic N) is 3. The molecule has 40 heavy (non-hydrogen) atoms. The third-order valence-electron chi connectivity index (χ3n) is 7.22. The molecule has 0 unspecified atom stereocenters. The maximum atomic E-state index is 15.0. The molecule has 7 nitrogen and oxygen atoms in total. The smallest absolute Gasteiger partial charge is 0.410 e. The van der Waals surface area contributed by atoms with Gasteiger partial charge in [0.15, 0.2) is 0 Å². The van der Waals surface area contributed by atoms with E-state index < -0.39 is 29.5 Å². The average Bonchev–Trinajstić information content (AvgIpc) is 3.49. The first kappa shape index (κ1) is 27.6. The van der Waals surface area contributed by atoms with E-state index >= 15 is 4.39 Å². The van der Waals surface area contributed by atoms with Crippen molar-refractivity contribution in [3.63, 3.8) is 0 Å². The van der Waals surface area contributed by atoms with Crippen LogP contribution in [0.3, 0.4) is 0 Å². The zero-order chi connectivity index (χ0) is 28.8. The van der Waals surface area contributed by atoms with E-state index in [-0.39, 0.29) is 43.5 Å². The van der Waals surface area contributed by atoms with E-state index in [1.807, 2.05) is 18.3 Å². The van der Waals surface area contributed by atoms with Crippen molar-refractivity contribution in [1.82, 2.24) is 9.47 Å². The molecule has 10 heteroatoms. The first-order valence-corrected chi connectivity index (χ1v) is 13.2. The minimum absolute atomic E-state index is 0.0108. The Balaban J connectivity index is 1.40. The second-order valence-electron chi connectivity index (χ2n) is 11.3. The number of amides is 1. The highest BCUT2D eigenvalue weighted by molar-refractivity contribution is 5.91. The Labute approximate surface area is 230 Å². The lowest BCUT2D eigenvalue weighted by molar-refractivity contribution is 0.0220. The van der Waals surface area contributed by atoms with Gasteiger partial charge in [-0.15, -0.1) is 0 Å². The Morgan fingerprint density at radius 3 is 2.77 bits per heavy atom. The number of rotatable bonds is 5. The fourth-order valence-electron chi connectivity index (χ4n) is 5.30. The van der Waals surface area contributed by atoms with Crippen LogP contribution in [0.15, 0.2) is 47.1 Å². The summed E-state index contributed by atoms with van der Waals surface area (Å²) in [5, 5.41) is 1.75. The standard InChI is InChI=1S/C30H33F3N4O3/c1-17-11-24-21(28(34)35-14-17)8-10-37(24)19-6-5-18(12-19)16-39-25-13-22(27(32)33)26(31)20-7-9-36(15-23(20)25)29(38)40-30(2,3)4/h8,10-14,19,27H,1,5-7,9,15-16,34H2,2-4H3/t19-/m0/s1. The third-order valence-corrected chi connectivity index (χ3v) is 7.22. The molecule has 0 radical (unpaired) electrons. The molecular formula is C30H33F3N4O3. The molecule has 2 aromatic rings. The number of hydrogen-bond donors (Lipinski definition) is 1. The van der Waals surface area contributed by atoms with Gasteiger partial charge < -0.3 is 24.7 Å². The highest BCUT2D eigenvalue weighted by atomic mass is 19.3. The molecule has 5 rings (SSSR count). The van der Waals surface area contributed by atoms with Crippen LogP contribution in [0.25, 0.3) is 11.9 Å². The lowest BCUT2D eigenvalue weighted by Crippen LogP contribution is -2.40. The van der Waals surface area contributed by atoms with Gasteiger partial charge in [0.25, 0.3) is 6.43 Å². The second-order valence-corrected chi connectivity index (χ2v) is 11.3. The molecule has 0 saturated heterocycles. The number of aliphatic imine (C=N–C) groups is 1. The molecular weight excluding hydrogens is 521 g/mol. The summed E-state index contributed by atoms with van der Waals surface area (Å²) >= 11 is 0. The molecule has 0 saturated carbocycles. The monoisotopic (exact) mass is 554 g/mol. The molecule has 1 aliphatic carbocycles. The number of fused-ring (bicyclic) bond motifs is 2. The predicted octanol–water partition coefficient (Wildman–Crippen LogP) is 4.64. The van der Waals surface area contributed by atoms with E-state index in [9.17, 15) is 13.6 Å². The predicted molar refractivity (Wildman–Crippen MR) is 147 cm³/mol. The molecule has 3 aliphatic rings. The van der Waals surface area contributed by atoms with Gasteiger partial charge in [0.1, 0.15) is 29.6 Å². The summed E-state index contributed by atoms with van der Waals surface area (Å²) in [6, 6.07) is 3.03. The zero-order valence-corrected chi connectivity index (χ0v) is 22.8. The Bertz CT molecular complexity index is 1550. The van der Waals surface area contributed by atoms with E-state index in [0.717, 1.165) is 40.6 Å². The number of carbonyl (C=O) groups excluding carboxylic acids is 1. The van der Waals surface area contributed by atoms with Crippen LogP contribution in [0.1, 0.15) is 62.8 Å². The summed E-state index contributed by atoms with van der Waals surface area (Å²) in [5.41, 5.74) is 7.00. The van der Waals surface area contributed by atoms with Gasteiger partial charge in [0, 0.05) is 29.7 Å². The first-order valence-electron chi connectivity index (χ1n) is 13.2. The number of aromatic nitrogens is 1. The van der Waals surface area contributed by atoms with Gasteiger partial charge in [-0.1, -0.05) is 12.7 Å². The third kappa shape index (κ3) is 5.52. The average molecular weight is 555 g/mol. The van der Waals surface area contributed by atoms with Crippen molar-refractivity contribution in [2.75, 3.05) is 13.2 Å². The van der Waals surface area contributed by atoms with Gasteiger partial charge in [-0.3, -0.25) is 0 Å². The van der Waals surface area contributed by atoms with Gasteiger partial charge in [0.05, 0.1) is 23.5 Å². The van der Waals surface area contributed by atoms with E-state index in [2.05, 4.69) is 22.2 Å². The number of alkyl halides is 2. The minimum Gasteiger partial charge on any atom is -0.489 e. The number of nitrogens with two attached hydrogens (primary N) is 1. The highest BCUT2D eigenvalue weighted by Crippen LogP contribution is 2.37. The van der Waals surface area contributed by atoms with E-state index in [4.69, 9.17) is 15.2 Å². The first-order chi connectivity index (χ1) is 18.9. The summed E-state index contributed by atoms with van der Waals surface area (Å²) in [4.78, 5) is 18.4. The van der Waals surface area contributed by atoms with Crippen molar-refractivity contribution in [1.29, 1.82) is 0 Å². The Hall–Kier alpha value is -3.95. The number of carbonyl (C=O) groups is 1. The van der Waals surface area contributed by atoms with Crippen LogP contribution in [-0.4, -0.2) is 40.5 Å². The van der Waals surface area contributed by atoms with Gasteiger partial charge >= 0.3 is 6.09 Å². The molecule has 3 heterocycles. The van der Waals surface area contributed by atoms with Crippen molar-refractivity contribution < 1.29 is 27.4 Å². The number of benzene rings is 1. The zero-order valence-electron chi connectivity index (χ0n) is 22.8. The van der Waals surface area contributed by atoms with E-state index in [0.29, 0.717) is 11.4 Å². The van der Waals surface area contributed by atoms with Gasteiger partial charge in [0.2, 0.25) is 0 Å². The number of halogens is 3. The van der Waals surface area contributed by atoms with Gasteiger partial charge in [-0.2, -0.15) is 0 Å². The highest BCUT2D eigenvalue weighted by Gasteiger charge is 2.32. The number of hydrogen-bond acceptors (Lipinski definition) is 5. The van der Waals surface area contributed by atoms with Crippen LogP contribution < -0.4 is 21.0 Å². The van der Waals surface area contributed by atoms with Crippen molar-refractivity contribution in [2.24, 2.45) is 10.7 Å². The van der Waals surface area contributed by atoms with E-state index in [1.54, 1.807) is 27.0 Å². The van der Waals surface area contributed by atoms with Crippen LogP contribution in [0.4, 0.5) is 18.0 Å². The molecule has 2 N–H and O–H groups in total. The van der Waals surface area contributed by atoms with Crippen LogP contribution in [-0.2, 0) is 17.7 Å². The molecule has 0 spiro atoms. The summed E-state index contributed by atoms with van der Waals surface area (Å²) in [7, 11) is 0. The van der Waals surface area contributed by atoms with E-state index in [1.165, 1.54) is 4.90 Å². The summed E-state index contributed by atoms with van der Waals surface area (Å²) < 4.78 is 56.1. The topological polar surface area (TPSA) is 82.1 Å². The molecule has 0 bridgehead atoms.